The standard InChI is InChI=1S/C19H32N2O2.C10H14O.C2H6O2/c1-16(2)14-20-12-9-13-21(18(22)23-19(3,4)5)15-17-10-7-6-8-11-17;1-4-11-10-6-5-8(2)7-9(10)3;1-3-4-2/h6-8,10-11,16,20H,9,12-15H2,1-5H3;5-7H,4H2,1-3H3;1-2H3. The highest BCUT2D eigenvalue weighted by Gasteiger charge is 2.22. The van der Waals surface area contributed by atoms with Crippen LogP contribution >= 0.6 is 0 Å². The normalized spacial score (nSPS) is 10.6. The van der Waals surface area contributed by atoms with Crippen molar-refractivity contribution < 1.29 is 24.0 Å². The lowest BCUT2D eigenvalue weighted by atomic mass is 10.1. The Bertz CT molecular complexity index is 864. The third kappa shape index (κ3) is 18.6. The van der Waals surface area contributed by atoms with Gasteiger partial charge in [-0.05, 0) is 84.2 Å². The Morgan fingerprint density at radius 2 is 1.63 bits per heavy atom. The number of benzene rings is 2. The summed E-state index contributed by atoms with van der Waals surface area (Å²) >= 11 is 0. The number of aryl methyl sites for hydroxylation is 2. The minimum Gasteiger partial charge on any atom is -0.494 e. The van der Waals surface area contributed by atoms with Crippen molar-refractivity contribution in [2.24, 2.45) is 5.92 Å². The van der Waals surface area contributed by atoms with E-state index in [0.717, 1.165) is 37.4 Å². The van der Waals surface area contributed by atoms with Crippen molar-refractivity contribution in [3.8, 4) is 5.75 Å². The highest BCUT2D eigenvalue weighted by Crippen LogP contribution is 2.18. The lowest BCUT2D eigenvalue weighted by molar-refractivity contribution is -0.248. The van der Waals surface area contributed by atoms with E-state index in [9.17, 15) is 4.79 Å². The fraction of sp³-hybridized carbons (Fsp3) is 0.581. The highest BCUT2D eigenvalue weighted by molar-refractivity contribution is 5.68. The summed E-state index contributed by atoms with van der Waals surface area (Å²) < 4.78 is 10.9. The van der Waals surface area contributed by atoms with Crippen molar-refractivity contribution in [3.05, 3.63) is 65.2 Å². The number of nitrogens with one attached hydrogen (secondary N) is 1. The quantitative estimate of drug-likeness (QED) is 0.192. The van der Waals surface area contributed by atoms with E-state index in [0.29, 0.717) is 19.0 Å². The molecule has 2 aromatic carbocycles. The number of nitrogens with zero attached hydrogens (tertiary/aromatic N) is 1. The number of hydrogen-bond donors (Lipinski definition) is 1. The van der Waals surface area contributed by atoms with Crippen LogP contribution in [0.3, 0.4) is 0 Å². The summed E-state index contributed by atoms with van der Waals surface area (Å²) in [7, 11) is 2.92. The van der Waals surface area contributed by atoms with Crippen molar-refractivity contribution in [2.45, 2.75) is 74.0 Å². The maximum atomic E-state index is 12.4. The van der Waals surface area contributed by atoms with Crippen LogP contribution in [0.5, 0.6) is 5.75 Å². The average molecular weight is 533 g/mol. The molecule has 0 heterocycles. The first kappa shape index (κ1) is 35.4. The first-order valence-corrected chi connectivity index (χ1v) is 13.4. The van der Waals surface area contributed by atoms with E-state index in [1.165, 1.54) is 25.3 Å². The van der Waals surface area contributed by atoms with Gasteiger partial charge in [-0.1, -0.05) is 61.9 Å². The van der Waals surface area contributed by atoms with Crippen molar-refractivity contribution in [1.82, 2.24) is 10.2 Å². The number of ether oxygens (including phenoxy) is 2. The van der Waals surface area contributed by atoms with Crippen LogP contribution in [0.15, 0.2) is 48.5 Å². The molecule has 0 atom stereocenters. The zero-order chi connectivity index (χ0) is 29.0. The van der Waals surface area contributed by atoms with Gasteiger partial charge in [-0.2, -0.15) is 0 Å². The van der Waals surface area contributed by atoms with E-state index in [-0.39, 0.29) is 6.09 Å². The van der Waals surface area contributed by atoms with Crippen LogP contribution in [0.2, 0.25) is 0 Å². The van der Waals surface area contributed by atoms with Gasteiger partial charge >= 0.3 is 6.09 Å². The molecular formula is C31H52N2O5. The van der Waals surface area contributed by atoms with Gasteiger partial charge in [-0.3, -0.25) is 0 Å². The molecule has 0 saturated heterocycles. The van der Waals surface area contributed by atoms with Crippen molar-refractivity contribution in [3.63, 3.8) is 0 Å². The largest absolute Gasteiger partial charge is 0.494 e. The van der Waals surface area contributed by atoms with Crippen LogP contribution < -0.4 is 10.1 Å². The zero-order valence-corrected chi connectivity index (χ0v) is 25.4. The van der Waals surface area contributed by atoms with Gasteiger partial charge < -0.3 is 19.7 Å². The lowest BCUT2D eigenvalue weighted by Gasteiger charge is -2.27. The summed E-state index contributed by atoms with van der Waals surface area (Å²) in [4.78, 5) is 22.3. The molecule has 1 N–H and O–H groups in total. The number of carbonyl (C=O) groups excluding carboxylic acids is 1. The van der Waals surface area contributed by atoms with E-state index >= 15 is 0 Å². The Morgan fingerprint density at radius 1 is 1.00 bits per heavy atom. The van der Waals surface area contributed by atoms with Gasteiger partial charge in [0.25, 0.3) is 0 Å². The second-order valence-electron chi connectivity index (χ2n) is 10.4. The summed E-state index contributed by atoms with van der Waals surface area (Å²) in [5.74, 6) is 1.64. The molecule has 0 aliphatic heterocycles. The molecule has 0 bridgehead atoms. The molecule has 0 aliphatic carbocycles. The summed E-state index contributed by atoms with van der Waals surface area (Å²) in [6.07, 6.45) is 0.670. The van der Waals surface area contributed by atoms with Crippen LogP contribution in [0.1, 0.15) is 64.7 Å². The van der Waals surface area contributed by atoms with Gasteiger partial charge in [0, 0.05) is 13.1 Å². The Morgan fingerprint density at radius 3 is 2.13 bits per heavy atom. The van der Waals surface area contributed by atoms with Crippen molar-refractivity contribution in [2.75, 3.05) is 40.5 Å². The number of hydrogen-bond acceptors (Lipinski definition) is 6. The van der Waals surface area contributed by atoms with Gasteiger partial charge in [0.1, 0.15) is 11.4 Å². The topological polar surface area (TPSA) is 69.3 Å². The van der Waals surface area contributed by atoms with E-state index < -0.39 is 5.60 Å². The Kier molecular flexibility index (Phi) is 19.0. The molecule has 0 spiro atoms. The van der Waals surface area contributed by atoms with Crippen LogP contribution in [0.4, 0.5) is 4.79 Å². The monoisotopic (exact) mass is 532 g/mol. The minimum atomic E-state index is -0.470. The van der Waals surface area contributed by atoms with Gasteiger partial charge in [-0.25, -0.2) is 14.6 Å². The number of rotatable bonds is 11. The summed E-state index contributed by atoms with van der Waals surface area (Å²) in [5.41, 5.74) is 3.15. The van der Waals surface area contributed by atoms with Crippen molar-refractivity contribution >= 4 is 6.09 Å². The van der Waals surface area contributed by atoms with E-state index in [1.807, 2.05) is 64.1 Å². The van der Waals surface area contributed by atoms with Crippen LogP contribution in [0.25, 0.3) is 0 Å². The van der Waals surface area contributed by atoms with Gasteiger partial charge in [0.2, 0.25) is 0 Å². The highest BCUT2D eigenvalue weighted by atomic mass is 17.2. The smallest absolute Gasteiger partial charge is 0.410 e. The first-order valence-electron chi connectivity index (χ1n) is 13.4. The summed E-state index contributed by atoms with van der Waals surface area (Å²) in [5, 5.41) is 3.41. The molecule has 0 radical (unpaired) electrons. The number of carbonyl (C=O) groups is 1. The maximum absolute atomic E-state index is 12.4. The van der Waals surface area contributed by atoms with Crippen LogP contribution in [0, 0.1) is 19.8 Å². The summed E-state index contributed by atoms with van der Waals surface area (Å²) in [6, 6.07) is 16.3. The predicted octanol–water partition coefficient (Wildman–Crippen LogP) is 6.96. The average Bonchev–Trinajstić information content (AvgIpc) is 2.85. The summed E-state index contributed by atoms with van der Waals surface area (Å²) in [6.45, 7) is 20.2. The lowest BCUT2D eigenvalue weighted by Crippen LogP contribution is -2.38. The fourth-order valence-corrected chi connectivity index (χ4v) is 3.27. The van der Waals surface area contributed by atoms with Crippen LogP contribution in [-0.2, 0) is 21.1 Å². The van der Waals surface area contributed by atoms with Gasteiger partial charge in [0.15, 0.2) is 0 Å². The third-order valence-corrected chi connectivity index (χ3v) is 5.00. The Labute approximate surface area is 231 Å². The molecule has 38 heavy (non-hydrogen) atoms. The van der Waals surface area contributed by atoms with Gasteiger partial charge in [0.05, 0.1) is 20.8 Å². The molecule has 0 aliphatic rings. The Hall–Kier alpha value is -2.61. The molecule has 0 saturated carbocycles. The molecule has 1 amide bonds. The molecule has 2 rings (SSSR count). The molecule has 0 fully saturated rings. The molecule has 2 aromatic rings. The SMILES string of the molecule is CC(C)CNCCCN(Cc1ccccc1)C(=O)OC(C)(C)C.CCOc1ccc(C)cc1C.COOC. The molecule has 0 aromatic heterocycles. The second kappa shape index (κ2) is 20.4. The maximum Gasteiger partial charge on any atom is 0.410 e. The van der Waals surface area contributed by atoms with E-state index in [4.69, 9.17) is 9.47 Å². The molecule has 7 nitrogen and oxygen atoms in total. The Balaban J connectivity index is 0.000000751. The molecule has 7 heteroatoms. The second-order valence-corrected chi connectivity index (χ2v) is 10.4. The van der Waals surface area contributed by atoms with Gasteiger partial charge in [-0.15, -0.1) is 0 Å². The predicted molar refractivity (Wildman–Crippen MR) is 157 cm³/mol. The van der Waals surface area contributed by atoms with Crippen molar-refractivity contribution in [1.29, 1.82) is 0 Å². The van der Waals surface area contributed by atoms with Crippen LogP contribution in [-0.4, -0.2) is 57.1 Å². The molecular weight excluding hydrogens is 480 g/mol. The zero-order valence-electron chi connectivity index (χ0n) is 25.4. The fourth-order valence-electron chi connectivity index (χ4n) is 3.27. The molecule has 0 unspecified atom stereocenters. The number of amides is 1. The molecule has 216 valence electrons. The minimum absolute atomic E-state index is 0.245. The van der Waals surface area contributed by atoms with E-state index in [2.05, 4.69) is 54.9 Å². The van der Waals surface area contributed by atoms with E-state index in [1.54, 1.807) is 4.90 Å². The first-order chi connectivity index (χ1) is 17.9. The third-order valence-electron chi connectivity index (χ3n) is 5.00.